The van der Waals surface area contributed by atoms with Crippen LogP contribution in [0.1, 0.15) is 42.1 Å². The normalized spacial score (nSPS) is 14.2. The number of nitrogens with zero attached hydrogens (tertiary/aromatic N) is 1. The largest absolute Gasteiger partial charge is 0.506 e. The summed E-state index contributed by atoms with van der Waals surface area (Å²) >= 11 is 0. The van der Waals surface area contributed by atoms with Crippen molar-refractivity contribution in [3.63, 3.8) is 0 Å². The zero-order valence-corrected chi connectivity index (χ0v) is 28.4. The molecular weight excluding hydrogens is 644 g/mol. The summed E-state index contributed by atoms with van der Waals surface area (Å²) in [5, 5.41) is 34.0. The van der Waals surface area contributed by atoms with Crippen LogP contribution in [-0.2, 0) is 17.9 Å². The SMILES string of the molecule is O=C(CCN1CCC(NC(=O)Nc2ccccc2-c2ccccc2)CC1)NCc1cccc(CNC[C@H](O)c2ccc(O)c3[nH]c(=O)ccc23)c1. The zero-order valence-electron chi connectivity index (χ0n) is 28.4. The molecule has 0 bridgehead atoms. The molecule has 1 fully saturated rings. The van der Waals surface area contributed by atoms with Gasteiger partial charge in [0.2, 0.25) is 11.5 Å². The predicted molar refractivity (Wildman–Crippen MR) is 199 cm³/mol. The number of phenolic OH excluding ortho intramolecular Hbond substituents is 1. The minimum atomic E-state index is -0.851. The van der Waals surface area contributed by atoms with E-state index in [0.717, 1.165) is 53.9 Å². The summed E-state index contributed by atoms with van der Waals surface area (Å²) in [6.07, 6.45) is 1.18. The molecule has 3 amide bonds. The second-order valence-corrected chi connectivity index (χ2v) is 12.9. The summed E-state index contributed by atoms with van der Waals surface area (Å²) < 4.78 is 0. The van der Waals surface area contributed by atoms with Crippen LogP contribution in [0.3, 0.4) is 0 Å². The monoisotopic (exact) mass is 688 g/mol. The van der Waals surface area contributed by atoms with Crippen LogP contribution in [-0.4, -0.2) is 64.3 Å². The Labute approximate surface area is 296 Å². The van der Waals surface area contributed by atoms with E-state index in [9.17, 15) is 24.6 Å². The van der Waals surface area contributed by atoms with E-state index in [1.807, 2.05) is 78.9 Å². The molecule has 1 aliphatic rings. The van der Waals surface area contributed by atoms with Gasteiger partial charge in [-0.3, -0.25) is 9.59 Å². The Bertz CT molecular complexity index is 2010. The molecule has 1 aliphatic heterocycles. The van der Waals surface area contributed by atoms with Crippen molar-refractivity contribution < 1.29 is 19.8 Å². The molecule has 0 aliphatic carbocycles. The van der Waals surface area contributed by atoms with E-state index in [2.05, 4.69) is 31.2 Å². The van der Waals surface area contributed by atoms with E-state index in [0.29, 0.717) is 42.5 Å². The number of pyridine rings is 1. The van der Waals surface area contributed by atoms with E-state index < -0.39 is 6.10 Å². The number of phenols is 1. The summed E-state index contributed by atoms with van der Waals surface area (Å²) in [6.45, 7) is 3.48. The molecule has 0 saturated carbocycles. The standard InChI is InChI=1S/C40H44N6O5/c47-35-15-13-32(33-14-16-38(50)45-39(33)35)36(48)26-41-24-27-7-6-8-28(23-27)25-42-37(49)19-22-46-20-17-30(18-21-46)43-40(51)44-34-12-5-4-11-31(34)29-9-2-1-3-10-29/h1-16,23,30,36,41,47-48H,17-22,24-26H2,(H,42,49)(H,45,50)(H2,43,44,51)/t36-/m0/s1. The fourth-order valence-electron chi connectivity index (χ4n) is 6.52. The van der Waals surface area contributed by atoms with Crippen LogP contribution in [0.4, 0.5) is 10.5 Å². The smallest absolute Gasteiger partial charge is 0.319 e. The number of carbonyl (C=O) groups is 2. The second-order valence-electron chi connectivity index (χ2n) is 12.9. The van der Waals surface area contributed by atoms with Crippen molar-refractivity contribution in [3.8, 4) is 16.9 Å². The number of anilines is 1. The minimum Gasteiger partial charge on any atom is -0.506 e. The van der Waals surface area contributed by atoms with Crippen LogP contribution < -0.4 is 26.8 Å². The van der Waals surface area contributed by atoms with E-state index in [1.165, 1.54) is 12.1 Å². The third-order valence-electron chi connectivity index (χ3n) is 9.25. The molecule has 0 unspecified atom stereocenters. The van der Waals surface area contributed by atoms with E-state index in [1.54, 1.807) is 12.1 Å². The highest BCUT2D eigenvalue weighted by atomic mass is 16.3. The number of para-hydroxylation sites is 1. The number of rotatable bonds is 13. The number of hydrogen-bond donors (Lipinski definition) is 7. The molecule has 7 N–H and O–H groups in total. The molecule has 1 aromatic heterocycles. The fraction of sp³-hybridized carbons (Fsp3) is 0.275. The van der Waals surface area contributed by atoms with Crippen molar-refractivity contribution in [2.75, 3.05) is 31.5 Å². The number of aromatic amines is 1. The average molecular weight is 689 g/mol. The first-order valence-electron chi connectivity index (χ1n) is 17.3. The van der Waals surface area contributed by atoms with Gasteiger partial charge in [0.25, 0.3) is 0 Å². The minimum absolute atomic E-state index is 0.0131. The second kappa shape index (κ2) is 16.9. The van der Waals surface area contributed by atoms with E-state index >= 15 is 0 Å². The van der Waals surface area contributed by atoms with E-state index in [-0.39, 0.29) is 35.8 Å². The summed E-state index contributed by atoms with van der Waals surface area (Å²) in [6, 6.07) is 31.6. The molecule has 51 heavy (non-hydrogen) atoms. The highest BCUT2D eigenvalue weighted by Crippen LogP contribution is 2.29. The van der Waals surface area contributed by atoms with Crippen LogP contribution in [0.5, 0.6) is 5.75 Å². The number of benzene rings is 4. The van der Waals surface area contributed by atoms with Gasteiger partial charge in [-0.15, -0.1) is 0 Å². The van der Waals surface area contributed by atoms with Crippen molar-refractivity contribution in [3.05, 3.63) is 130 Å². The summed E-state index contributed by atoms with van der Waals surface area (Å²) in [4.78, 5) is 42.1. The molecule has 5 aromatic rings. The van der Waals surface area contributed by atoms with Gasteiger partial charge in [0.15, 0.2) is 0 Å². The number of aliphatic hydroxyl groups excluding tert-OH is 1. The molecular formula is C40H44N6O5. The molecule has 1 saturated heterocycles. The number of amides is 3. The predicted octanol–water partition coefficient (Wildman–Crippen LogP) is 5.02. The Balaban J connectivity index is 0.885. The molecule has 0 radical (unpaired) electrons. The van der Waals surface area contributed by atoms with Crippen LogP contribution in [0.2, 0.25) is 0 Å². The lowest BCUT2D eigenvalue weighted by Crippen LogP contribution is -2.46. The number of nitrogens with one attached hydrogen (secondary N) is 5. The zero-order chi connectivity index (χ0) is 35.6. The van der Waals surface area contributed by atoms with Gasteiger partial charge in [-0.1, -0.05) is 78.9 Å². The van der Waals surface area contributed by atoms with Crippen molar-refractivity contribution in [2.24, 2.45) is 0 Å². The molecule has 264 valence electrons. The third-order valence-corrected chi connectivity index (χ3v) is 9.25. The van der Waals surface area contributed by atoms with Crippen molar-refractivity contribution in [1.29, 1.82) is 0 Å². The van der Waals surface area contributed by atoms with E-state index in [4.69, 9.17) is 0 Å². The maximum absolute atomic E-state index is 12.8. The lowest BCUT2D eigenvalue weighted by Gasteiger charge is -2.32. The molecule has 4 aromatic carbocycles. The molecule has 1 atom stereocenters. The lowest BCUT2D eigenvalue weighted by molar-refractivity contribution is -0.121. The Morgan fingerprint density at radius 2 is 1.61 bits per heavy atom. The highest BCUT2D eigenvalue weighted by molar-refractivity contribution is 5.94. The van der Waals surface area contributed by atoms with Crippen LogP contribution in [0.15, 0.2) is 108 Å². The molecule has 11 heteroatoms. The topological polar surface area (TPSA) is 159 Å². The molecule has 2 heterocycles. The number of aromatic hydroxyl groups is 1. The van der Waals surface area contributed by atoms with Gasteiger partial charge >= 0.3 is 6.03 Å². The number of hydrogen-bond acceptors (Lipinski definition) is 7. The van der Waals surface area contributed by atoms with Crippen LogP contribution in [0.25, 0.3) is 22.0 Å². The fourth-order valence-corrected chi connectivity index (χ4v) is 6.52. The Kier molecular flexibility index (Phi) is 11.7. The first kappa shape index (κ1) is 35.3. The number of piperidine rings is 1. The number of carbonyl (C=O) groups excluding carboxylic acids is 2. The Hall–Kier alpha value is -5.49. The summed E-state index contributed by atoms with van der Waals surface area (Å²) in [5.74, 6) is -0.0609. The molecule has 11 nitrogen and oxygen atoms in total. The Morgan fingerprint density at radius 3 is 2.41 bits per heavy atom. The quantitative estimate of drug-likeness (QED) is 0.0916. The Morgan fingerprint density at radius 1 is 0.863 bits per heavy atom. The highest BCUT2D eigenvalue weighted by Gasteiger charge is 2.21. The first-order valence-corrected chi connectivity index (χ1v) is 17.3. The number of aromatic nitrogens is 1. The molecule has 6 rings (SSSR count). The van der Waals surface area contributed by atoms with Gasteiger partial charge in [0.05, 0.1) is 17.3 Å². The van der Waals surface area contributed by atoms with Gasteiger partial charge in [-0.2, -0.15) is 0 Å². The van der Waals surface area contributed by atoms with Crippen molar-refractivity contribution >= 4 is 28.5 Å². The number of H-pyrrole nitrogens is 1. The van der Waals surface area contributed by atoms with Gasteiger partial charge < -0.3 is 41.4 Å². The van der Waals surface area contributed by atoms with Crippen LogP contribution >= 0.6 is 0 Å². The number of likely N-dealkylation sites (tertiary alicyclic amines) is 1. The maximum Gasteiger partial charge on any atom is 0.319 e. The van der Waals surface area contributed by atoms with Crippen molar-refractivity contribution in [1.82, 2.24) is 25.8 Å². The van der Waals surface area contributed by atoms with Gasteiger partial charge in [-0.05, 0) is 53.3 Å². The van der Waals surface area contributed by atoms with Gasteiger partial charge in [-0.25, -0.2) is 4.79 Å². The first-order chi connectivity index (χ1) is 24.8. The summed E-state index contributed by atoms with van der Waals surface area (Å²) in [5.41, 5.74) is 5.36. The maximum atomic E-state index is 12.8. The van der Waals surface area contributed by atoms with Crippen LogP contribution in [0, 0.1) is 0 Å². The number of urea groups is 1. The third kappa shape index (κ3) is 9.61. The van der Waals surface area contributed by atoms with Crippen molar-refractivity contribution in [2.45, 2.75) is 44.5 Å². The number of fused-ring (bicyclic) bond motifs is 1. The van der Waals surface area contributed by atoms with Gasteiger partial charge in [0.1, 0.15) is 5.75 Å². The van der Waals surface area contributed by atoms with Gasteiger partial charge in [0, 0.05) is 68.7 Å². The summed E-state index contributed by atoms with van der Waals surface area (Å²) in [7, 11) is 0. The lowest BCUT2D eigenvalue weighted by atomic mass is 10.0. The number of aliphatic hydroxyl groups is 1. The average Bonchev–Trinajstić information content (AvgIpc) is 3.15. The molecule has 0 spiro atoms.